The molecule has 1 saturated heterocycles. The van der Waals surface area contributed by atoms with Crippen molar-refractivity contribution in [1.29, 1.82) is 0 Å². The predicted octanol–water partition coefficient (Wildman–Crippen LogP) is 1.05. The lowest BCUT2D eigenvalue weighted by atomic mass is 10.0. The van der Waals surface area contributed by atoms with E-state index in [1.807, 2.05) is 20.8 Å². The molecule has 0 saturated carbocycles. The van der Waals surface area contributed by atoms with Crippen LogP contribution in [0.25, 0.3) is 0 Å². The highest BCUT2D eigenvalue weighted by Gasteiger charge is 2.25. The van der Waals surface area contributed by atoms with Crippen molar-refractivity contribution in [3.63, 3.8) is 0 Å². The van der Waals surface area contributed by atoms with Crippen LogP contribution >= 0.6 is 0 Å². The van der Waals surface area contributed by atoms with Crippen LogP contribution in [-0.2, 0) is 19.1 Å². The van der Waals surface area contributed by atoms with E-state index in [0.717, 1.165) is 6.42 Å². The number of piperidine rings is 1. The molecule has 1 heterocycles. The number of carbonyl (C=O) groups is 3. The normalized spacial score (nSPS) is 20.8. The Labute approximate surface area is 143 Å². The lowest BCUT2D eigenvalue weighted by Gasteiger charge is -2.31. The van der Waals surface area contributed by atoms with Crippen LogP contribution in [0.3, 0.4) is 0 Å². The molecule has 0 aromatic carbocycles. The van der Waals surface area contributed by atoms with Gasteiger partial charge in [-0.15, -0.1) is 0 Å². The topological polar surface area (TPSA) is 106 Å². The number of hydrogen-bond acceptors (Lipinski definition) is 6. The first-order chi connectivity index (χ1) is 11.2. The summed E-state index contributed by atoms with van der Waals surface area (Å²) in [5.74, 6) is -0.538. The molecule has 0 aromatic rings. The van der Waals surface area contributed by atoms with Crippen LogP contribution in [0.4, 0.5) is 4.79 Å². The lowest BCUT2D eigenvalue weighted by molar-refractivity contribution is -0.144. The number of amides is 2. The summed E-state index contributed by atoms with van der Waals surface area (Å²) in [6.07, 6.45) is 0.988. The average Bonchev–Trinajstić information content (AvgIpc) is 2.45. The summed E-state index contributed by atoms with van der Waals surface area (Å²) < 4.78 is 9.99. The molecule has 2 amide bonds. The summed E-state index contributed by atoms with van der Waals surface area (Å²) >= 11 is 0. The molecule has 1 aliphatic rings. The van der Waals surface area contributed by atoms with Gasteiger partial charge in [0.15, 0.2) is 0 Å². The van der Waals surface area contributed by atoms with Crippen LogP contribution in [0.15, 0.2) is 0 Å². The van der Waals surface area contributed by atoms with Gasteiger partial charge in [0.25, 0.3) is 0 Å². The summed E-state index contributed by atoms with van der Waals surface area (Å²) in [6.45, 7) is 8.02. The van der Waals surface area contributed by atoms with Gasteiger partial charge in [0.2, 0.25) is 5.91 Å². The second-order valence-electron chi connectivity index (χ2n) is 6.75. The maximum Gasteiger partial charge on any atom is 0.408 e. The van der Waals surface area contributed by atoms with Crippen molar-refractivity contribution in [3.05, 3.63) is 0 Å². The fourth-order valence-corrected chi connectivity index (χ4v) is 2.30. The van der Waals surface area contributed by atoms with Gasteiger partial charge in [-0.05, 0) is 40.5 Å². The minimum atomic E-state index is -0.534. The van der Waals surface area contributed by atoms with E-state index in [9.17, 15) is 14.4 Å². The molecule has 1 fully saturated rings. The zero-order valence-corrected chi connectivity index (χ0v) is 14.9. The molecule has 0 aliphatic carbocycles. The number of alkyl carbamates (subject to hydrolysis) is 1. The van der Waals surface area contributed by atoms with Crippen molar-refractivity contribution in [2.45, 2.75) is 71.2 Å². The maximum absolute atomic E-state index is 11.8. The van der Waals surface area contributed by atoms with Gasteiger partial charge in [0.1, 0.15) is 5.60 Å². The van der Waals surface area contributed by atoms with Gasteiger partial charge in [-0.3, -0.25) is 14.9 Å². The molecule has 24 heavy (non-hydrogen) atoms. The first-order valence-electron chi connectivity index (χ1n) is 8.37. The zero-order chi connectivity index (χ0) is 18.2. The molecule has 0 bridgehead atoms. The van der Waals surface area contributed by atoms with E-state index in [2.05, 4.69) is 16.0 Å². The third kappa shape index (κ3) is 8.71. The van der Waals surface area contributed by atoms with Crippen LogP contribution in [0.5, 0.6) is 0 Å². The van der Waals surface area contributed by atoms with E-state index in [0.29, 0.717) is 19.6 Å². The first-order valence-corrected chi connectivity index (χ1v) is 8.37. The minimum Gasteiger partial charge on any atom is -0.466 e. The second kappa shape index (κ2) is 9.46. The monoisotopic (exact) mass is 343 g/mol. The molecule has 2 atom stereocenters. The van der Waals surface area contributed by atoms with Crippen molar-refractivity contribution in [3.8, 4) is 0 Å². The number of carbonyl (C=O) groups excluding carboxylic acids is 3. The fourth-order valence-electron chi connectivity index (χ4n) is 2.30. The molecule has 1 unspecified atom stereocenters. The molecular formula is C16H29N3O5. The highest BCUT2D eigenvalue weighted by molar-refractivity contribution is 5.81. The van der Waals surface area contributed by atoms with Gasteiger partial charge in [0.05, 0.1) is 19.2 Å². The Bertz CT molecular complexity index is 439. The summed E-state index contributed by atoms with van der Waals surface area (Å²) in [6, 6.07) is -0.0172. The average molecular weight is 343 g/mol. The molecule has 1 rings (SSSR count). The second-order valence-corrected chi connectivity index (χ2v) is 6.75. The number of hydrogen-bond donors (Lipinski definition) is 3. The summed E-state index contributed by atoms with van der Waals surface area (Å²) in [5, 5.41) is 8.79. The van der Waals surface area contributed by atoms with Gasteiger partial charge in [-0.2, -0.15) is 0 Å². The SMILES string of the molecule is CCOC(=O)CCC(=O)NC1CC[C@@H](NC(=O)OC(C)(C)C)NC1. The van der Waals surface area contributed by atoms with Gasteiger partial charge < -0.3 is 20.1 Å². The van der Waals surface area contributed by atoms with Crippen LogP contribution in [0, 0.1) is 0 Å². The molecule has 0 aromatic heterocycles. The zero-order valence-electron chi connectivity index (χ0n) is 14.9. The minimum absolute atomic E-state index is 0.0172. The fraction of sp³-hybridized carbons (Fsp3) is 0.812. The number of esters is 1. The molecule has 0 spiro atoms. The number of ether oxygens (including phenoxy) is 2. The molecule has 138 valence electrons. The Morgan fingerprint density at radius 3 is 2.38 bits per heavy atom. The van der Waals surface area contributed by atoms with Crippen LogP contribution < -0.4 is 16.0 Å². The van der Waals surface area contributed by atoms with Crippen molar-refractivity contribution >= 4 is 18.0 Å². The van der Waals surface area contributed by atoms with Crippen molar-refractivity contribution < 1.29 is 23.9 Å². The third-order valence-electron chi connectivity index (χ3n) is 3.33. The third-order valence-corrected chi connectivity index (χ3v) is 3.33. The number of rotatable bonds is 6. The molecule has 8 heteroatoms. The molecule has 0 radical (unpaired) electrons. The maximum atomic E-state index is 11.8. The Hall–Kier alpha value is -1.83. The van der Waals surface area contributed by atoms with E-state index in [1.54, 1.807) is 6.92 Å². The van der Waals surface area contributed by atoms with Crippen LogP contribution in [0.1, 0.15) is 53.4 Å². The van der Waals surface area contributed by atoms with Gasteiger partial charge in [-0.25, -0.2) is 4.79 Å². The predicted molar refractivity (Wildman–Crippen MR) is 88.2 cm³/mol. The Balaban J connectivity index is 2.22. The van der Waals surface area contributed by atoms with Crippen molar-refractivity contribution in [2.75, 3.05) is 13.2 Å². The Morgan fingerprint density at radius 1 is 1.12 bits per heavy atom. The Kier molecular flexibility index (Phi) is 7.97. The first kappa shape index (κ1) is 20.2. The van der Waals surface area contributed by atoms with Gasteiger partial charge >= 0.3 is 12.1 Å². The van der Waals surface area contributed by atoms with E-state index in [-0.39, 0.29) is 36.9 Å². The summed E-state index contributed by atoms with van der Waals surface area (Å²) in [7, 11) is 0. The van der Waals surface area contributed by atoms with E-state index in [1.165, 1.54) is 0 Å². The molecule has 1 aliphatic heterocycles. The highest BCUT2D eigenvalue weighted by Crippen LogP contribution is 2.10. The van der Waals surface area contributed by atoms with Gasteiger partial charge in [-0.1, -0.05) is 0 Å². The molecular weight excluding hydrogens is 314 g/mol. The number of nitrogens with one attached hydrogen (secondary N) is 3. The largest absolute Gasteiger partial charge is 0.466 e. The summed E-state index contributed by atoms with van der Waals surface area (Å²) in [4.78, 5) is 34.7. The smallest absolute Gasteiger partial charge is 0.408 e. The van der Waals surface area contributed by atoms with Crippen LogP contribution in [0.2, 0.25) is 0 Å². The van der Waals surface area contributed by atoms with Crippen LogP contribution in [-0.4, -0.2) is 48.9 Å². The van der Waals surface area contributed by atoms with Crippen molar-refractivity contribution in [2.24, 2.45) is 0 Å². The summed E-state index contributed by atoms with van der Waals surface area (Å²) in [5.41, 5.74) is -0.534. The highest BCUT2D eigenvalue weighted by atomic mass is 16.6. The van der Waals surface area contributed by atoms with Crippen molar-refractivity contribution in [1.82, 2.24) is 16.0 Å². The Morgan fingerprint density at radius 2 is 1.83 bits per heavy atom. The van der Waals surface area contributed by atoms with E-state index in [4.69, 9.17) is 9.47 Å². The standard InChI is InChI=1S/C16H29N3O5/c1-5-23-14(21)9-8-13(20)18-11-6-7-12(17-10-11)19-15(22)24-16(2,3)4/h11-12,17H,5-10H2,1-4H3,(H,18,20)(H,19,22)/t11?,12-/m1/s1. The molecule has 3 N–H and O–H groups in total. The quantitative estimate of drug-likeness (QED) is 0.623. The van der Waals surface area contributed by atoms with E-state index >= 15 is 0 Å². The molecule has 8 nitrogen and oxygen atoms in total. The van der Waals surface area contributed by atoms with Gasteiger partial charge in [0, 0.05) is 19.0 Å². The lowest BCUT2D eigenvalue weighted by Crippen LogP contribution is -2.56. The van der Waals surface area contributed by atoms with E-state index < -0.39 is 11.7 Å².